The van der Waals surface area contributed by atoms with Gasteiger partial charge in [0.2, 0.25) is 0 Å². The second-order valence-corrected chi connectivity index (χ2v) is 4.46. The predicted molar refractivity (Wildman–Crippen MR) is 63.7 cm³/mol. The summed E-state index contributed by atoms with van der Waals surface area (Å²) in [6.45, 7) is 0.596. The first kappa shape index (κ1) is 12.4. The number of aliphatic hydroxyl groups is 1. The Morgan fingerprint density at radius 1 is 1.53 bits per heavy atom. The van der Waals surface area contributed by atoms with E-state index in [0.29, 0.717) is 18.0 Å². The Hall–Kier alpha value is -1.10. The molecule has 1 aromatic rings. The van der Waals surface area contributed by atoms with Gasteiger partial charge in [-0.1, -0.05) is 29.8 Å². The van der Waals surface area contributed by atoms with Crippen molar-refractivity contribution in [2.75, 3.05) is 6.54 Å². The number of nitrogens with one attached hydrogen (secondary N) is 1. The average Bonchev–Trinajstić information content (AvgIpc) is 2.74. The molecule has 0 amide bonds. The standard InChI is InChI=1S/C12H14ClNO3/c13-10-4-2-1-3-8(10)7-17-12(16)11-5-9(15)6-14-11/h1-4,9,11,14-15H,5-7H2/t9-,11-/m1/s1. The van der Waals surface area contributed by atoms with Crippen LogP contribution in [0.25, 0.3) is 0 Å². The van der Waals surface area contributed by atoms with Crippen LogP contribution in [-0.4, -0.2) is 29.8 Å². The zero-order valence-corrected chi connectivity index (χ0v) is 9.98. The molecule has 0 aromatic heterocycles. The van der Waals surface area contributed by atoms with E-state index in [1.54, 1.807) is 6.07 Å². The van der Waals surface area contributed by atoms with Crippen molar-refractivity contribution in [1.29, 1.82) is 0 Å². The first-order chi connectivity index (χ1) is 8.16. The van der Waals surface area contributed by atoms with Gasteiger partial charge in [-0.25, -0.2) is 0 Å². The van der Waals surface area contributed by atoms with Crippen LogP contribution in [0, 0.1) is 0 Å². The first-order valence-corrected chi connectivity index (χ1v) is 5.86. The number of halogens is 1. The van der Waals surface area contributed by atoms with Crippen LogP contribution >= 0.6 is 11.6 Å². The van der Waals surface area contributed by atoms with Gasteiger partial charge < -0.3 is 15.2 Å². The normalized spacial score (nSPS) is 23.6. The quantitative estimate of drug-likeness (QED) is 0.795. The van der Waals surface area contributed by atoms with Crippen molar-refractivity contribution >= 4 is 17.6 Å². The van der Waals surface area contributed by atoms with Crippen LogP contribution in [0.4, 0.5) is 0 Å². The fourth-order valence-electron chi connectivity index (χ4n) is 1.76. The SMILES string of the molecule is O=C(OCc1ccccc1Cl)[C@H]1C[C@@H](O)CN1. The van der Waals surface area contributed by atoms with Crippen LogP contribution in [0.5, 0.6) is 0 Å². The molecule has 5 heteroatoms. The number of β-amino-alcohol motifs (C(OH)–C–C–N with tert-alkyl or cyclic N) is 1. The molecular weight excluding hydrogens is 242 g/mol. The number of carbonyl (C=O) groups is 1. The van der Waals surface area contributed by atoms with Crippen LogP contribution < -0.4 is 5.32 Å². The van der Waals surface area contributed by atoms with Gasteiger partial charge in [-0.3, -0.25) is 4.79 Å². The molecule has 1 aliphatic rings. The summed E-state index contributed by atoms with van der Waals surface area (Å²) in [4.78, 5) is 11.6. The molecule has 0 aliphatic carbocycles. The fourth-order valence-corrected chi connectivity index (χ4v) is 1.95. The van der Waals surface area contributed by atoms with Crippen LogP contribution in [0.3, 0.4) is 0 Å². The third-order valence-electron chi connectivity index (χ3n) is 2.72. The molecule has 0 radical (unpaired) electrons. The topological polar surface area (TPSA) is 58.6 Å². The molecule has 0 spiro atoms. The van der Waals surface area contributed by atoms with Gasteiger partial charge in [0, 0.05) is 23.6 Å². The highest BCUT2D eigenvalue weighted by Gasteiger charge is 2.29. The summed E-state index contributed by atoms with van der Waals surface area (Å²) in [7, 11) is 0. The van der Waals surface area contributed by atoms with Gasteiger partial charge >= 0.3 is 5.97 Å². The highest BCUT2D eigenvalue weighted by Crippen LogP contribution is 2.16. The van der Waals surface area contributed by atoms with Gasteiger partial charge in [-0.05, 0) is 6.07 Å². The van der Waals surface area contributed by atoms with Crippen molar-refractivity contribution in [1.82, 2.24) is 5.32 Å². The maximum Gasteiger partial charge on any atom is 0.323 e. The largest absolute Gasteiger partial charge is 0.460 e. The molecule has 1 saturated heterocycles. The van der Waals surface area contributed by atoms with Crippen molar-refractivity contribution in [2.45, 2.75) is 25.2 Å². The van der Waals surface area contributed by atoms with Gasteiger partial charge in [0.15, 0.2) is 0 Å². The number of hydrogen-bond acceptors (Lipinski definition) is 4. The van der Waals surface area contributed by atoms with Crippen molar-refractivity contribution in [3.05, 3.63) is 34.9 Å². The van der Waals surface area contributed by atoms with E-state index in [0.717, 1.165) is 5.56 Å². The number of rotatable bonds is 3. The molecule has 0 saturated carbocycles. The van der Waals surface area contributed by atoms with Crippen molar-refractivity contribution in [3.8, 4) is 0 Å². The number of ether oxygens (including phenoxy) is 1. The summed E-state index contributed by atoms with van der Waals surface area (Å²) in [5, 5.41) is 12.8. The minimum Gasteiger partial charge on any atom is -0.460 e. The molecule has 1 aromatic carbocycles. The Morgan fingerprint density at radius 3 is 2.94 bits per heavy atom. The second-order valence-electron chi connectivity index (χ2n) is 4.05. The summed E-state index contributed by atoms with van der Waals surface area (Å²) >= 11 is 5.94. The Labute approximate surface area is 105 Å². The molecule has 1 aliphatic heterocycles. The van der Waals surface area contributed by atoms with E-state index in [-0.39, 0.29) is 12.6 Å². The number of hydrogen-bond donors (Lipinski definition) is 2. The lowest BCUT2D eigenvalue weighted by Crippen LogP contribution is -2.32. The minimum absolute atomic E-state index is 0.160. The third-order valence-corrected chi connectivity index (χ3v) is 3.09. The Balaban J connectivity index is 1.86. The molecule has 2 N–H and O–H groups in total. The van der Waals surface area contributed by atoms with Crippen LogP contribution in [0.15, 0.2) is 24.3 Å². The summed E-state index contributed by atoms with van der Waals surface area (Å²) < 4.78 is 5.14. The van der Waals surface area contributed by atoms with Crippen LogP contribution in [-0.2, 0) is 16.1 Å². The van der Waals surface area contributed by atoms with Gasteiger partial charge in [0.25, 0.3) is 0 Å². The van der Waals surface area contributed by atoms with Gasteiger partial charge in [0.1, 0.15) is 12.6 Å². The molecule has 0 bridgehead atoms. The van der Waals surface area contributed by atoms with Crippen molar-refractivity contribution in [2.24, 2.45) is 0 Å². The van der Waals surface area contributed by atoms with E-state index in [1.165, 1.54) is 0 Å². The molecule has 2 rings (SSSR count). The smallest absolute Gasteiger partial charge is 0.323 e. The molecular formula is C12H14ClNO3. The highest BCUT2D eigenvalue weighted by atomic mass is 35.5. The lowest BCUT2D eigenvalue weighted by atomic mass is 10.2. The van der Waals surface area contributed by atoms with E-state index in [9.17, 15) is 9.90 Å². The average molecular weight is 256 g/mol. The molecule has 2 atom stereocenters. The van der Waals surface area contributed by atoms with E-state index in [1.807, 2.05) is 18.2 Å². The monoisotopic (exact) mass is 255 g/mol. The predicted octanol–water partition coefficient (Wildman–Crippen LogP) is 1.11. The summed E-state index contributed by atoms with van der Waals surface area (Å²) in [5.41, 5.74) is 0.779. The lowest BCUT2D eigenvalue weighted by molar-refractivity contribution is -0.147. The summed E-state index contributed by atoms with van der Waals surface area (Å²) in [6.07, 6.45) is -0.0608. The van der Waals surface area contributed by atoms with Gasteiger partial charge in [-0.2, -0.15) is 0 Å². The van der Waals surface area contributed by atoms with E-state index in [2.05, 4.69) is 5.32 Å². The summed E-state index contributed by atoms with van der Waals surface area (Å²) in [6, 6.07) is 6.82. The zero-order valence-electron chi connectivity index (χ0n) is 9.23. The van der Waals surface area contributed by atoms with Crippen molar-refractivity contribution < 1.29 is 14.6 Å². The zero-order chi connectivity index (χ0) is 12.3. The number of benzene rings is 1. The number of esters is 1. The van der Waals surface area contributed by atoms with E-state index in [4.69, 9.17) is 16.3 Å². The van der Waals surface area contributed by atoms with Crippen LogP contribution in [0.1, 0.15) is 12.0 Å². The highest BCUT2D eigenvalue weighted by molar-refractivity contribution is 6.31. The molecule has 92 valence electrons. The number of aliphatic hydroxyl groups excluding tert-OH is 1. The maximum absolute atomic E-state index is 11.6. The third kappa shape index (κ3) is 3.19. The Kier molecular flexibility index (Phi) is 3.99. The Morgan fingerprint density at radius 2 is 2.29 bits per heavy atom. The molecule has 4 nitrogen and oxygen atoms in total. The summed E-state index contributed by atoms with van der Waals surface area (Å²) in [5.74, 6) is -0.346. The number of carbonyl (C=O) groups excluding carboxylic acids is 1. The minimum atomic E-state index is -0.465. The van der Waals surface area contributed by atoms with Gasteiger partial charge in [-0.15, -0.1) is 0 Å². The first-order valence-electron chi connectivity index (χ1n) is 5.48. The second kappa shape index (κ2) is 5.49. The van der Waals surface area contributed by atoms with Crippen LogP contribution in [0.2, 0.25) is 5.02 Å². The molecule has 1 fully saturated rings. The van der Waals surface area contributed by atoms with Gasteiger partial charge in [0.05, 0.1) is 6.10 Å². The lowest BCUT2D eigenvalue weighted by Gasteiger charge is -2.10. The molecule has 0 unspecified atom stereocenters. The van der Waals surface area contributed by atoms with E-state index < -0.39 is 12.1 Å². The van der Waals surface area contributed by atoms with Crippen molar-refractivity contribution in [3.63, 3.8) is 0 Å². The maximum atomic E-state index is 11.6. The van der Waals surface area contributed by atoms with E-state index >= 15 is 0 Å². The fraction of sp³-hybridized carbons (Fsp3) is 0.417. The molecule has 17 heavy (non-hydrogen) atoms. The molecule has 1 heterocycles. The Bertz CT molecular complexity index is 410.